The summed E-state index contributed by atoms with van der Waals surface area (Å²) in [6.45, 7) is 11.2. The van der Waals surface area contributed by atoms with Crippen molar-refractivity contribution in [3.05, 3.63) is 70.8 Å². The second-order valence-corrected chi connectivity index (χ2v) is 10.5. The zero-order valence-electron chi connectivity index (χ0n) is 23.3. The number of carbonyl (C=O) groups excluding carboxylic acids is 3. The maximum Gasteiger partial charge on any atom is 0.408 e. The van der Waals surface area contributed by atoms with Crippen LogP contribution in [-0.2, 0) is 20.7 Å². The fraction of sp³-hybridized carbons (Fsp3) is 0.467. The van der Waals surface area contributed by atoms with E-state index in [-0.39, 0.29) is 18.9 Å². The number of benzene rings is 2. The van der Waals surface area contributed by atoms with Crippen molar-refractivity contribution in [3.8, 4) is 6.07 Å². The van der Waals surface area contributed by atoms with Crippen molar-refractivity contribution in [2.75, 3.05) is 13.1 Å². The minimum Gasteiger partial charge on any atom is -0.444 e. The van der Waals surface area contributed by atoms with E-state index in [0.29, 0.717) is 12.1 Å². The number of hydrogen-bond donors (Lipinski definition) is 2. The van der Waals surface area contributed by atoms with Gasteiger partial charge in [0.1, 0.15) is 24.2 Å². The predicted octanol–water partition coefficient (Wildman–Crippen LogP) is 4.75. The van der Waals surface area contributed by atoms with Crippen LogP contribution in [0.2, 0.25) is 0 Å². The maximum atomic E-state index is 14.1. The van der Waals surface area contributed by atoms with Crippen LogP contribution in [0, 0.1) is 25.2 Å². The second kappa shape index (κ2) is 14.2. The van der Waals surface area contributed by atoms with Gasteiger partial charge in [-0.25, -0.2) is 4.79 Å². The summed E-state index contributed by atoms with van der Waals surface area (Å²) in [5.41, 5.74) is 2.52. The molecule has 0 aromatic heterocycles. The highest BCUT2D eigenvalue weighted by atomic mass is 16.6. The number of rotatable bonds is 11. The molecular formula is C30H40N4O4. The van der Waals surface area contributed by atoms with Crippen molar-refractivity contribution < 1.29 is 19.1 Å². The first-order valence-electron chi connectivity index (χ1n) is 13.0. The molecule has 0 heterocycles. The summed E-state index contributed by atoms with van der Waals surface area (Å²) in [7, 11) is 0. The number of hydrogen-bond acceptors (Lipinski definition) is 5. The van der Waals surface area contributed by atoms with E-state index in [0.717, 1.165) is 29.5 Å². The number of alkyl carbamates (subject to hydrolysis) is 1. The molecule has 2 rings (SSSR count). The molecule has 0 radical (unpaired) electrons. The third kappa shape index (κ3) is 9.55. The number of nitrogens with one attached hydrogen (secondary N) is 2. The molecule has 0 aliphatic rings. The van der Waals surface area contributed by atoms with E-state index < -0.39 is 29.7 Å². The Morgan fingerprint density at radius 1 is 1.05 bits per heavy atom. The smallest absolute Gasteiger partial charge is 0.408 e. The van der Waals surface area contributed by atoms with E-state index in [1.807, 2.05) is 75.4 Å². The molecule has 0 bridgehead atoms. The SMILES string of the molecule is CCCCNC(=O)C(c1cc(C)cc(C)c1)N(CC#N)C(=O)C(Cc1ccccc1)NC(=O)OC(C)(C)C. The topological polar surface area (TPSA) is 112 Å². The van der Waals surface area contributed by atoms with Crippen LogP contribution >= 0.6 is 0 Å². The van der Waals surface area contributed by atoms with Crippen LogP contribution in [0.15, 0.2) is 48.5 Å². The van der Waals surface area contributed by atoms with Gasteiger partial charge in [-0.2, -0.15) is 5.26 Å². The van der Waals surface area contributed by atoms with Crippen LogP contribution in [0.1, 0.15) is 68.8 Å². The van der Waals surface area contributed by atoms with Gasteiger partial charge in [-0.05, 0) is 52.2 Å². The summed E-state index contributed by atoms with van der Waals surface area (Å²) in [5.74, 6) is -0.918. The molecule has 0 spiro atoms. The molecule has 0 aliphatic carbocycles. The zero-order valence-corrected chi connectivity index (χ0v) is 23.3. The predicted molar refractivity (Wildman–Crippen MR) is 147 cm³/mol. The van der Waals surface area contributed by atoms with Gasteiger partial charge in [-0.3, -0.25) is 9.59 Å². The number of unbranched alkanes of at least 4 members (excludes halogenated alkanes) is 1. The molecule has 2 N–H and O–H groups in total. The largest absolute Gasteiger partial charge is 0.444 e. The van der Waals surface area contributed by atoms with Crippen molar-refractivity contribution in [1.29, 1.82) is 5.26 Å². The lowest BCUT2D eigenvalue weighted by atomic mass is 9.97. The standard InChI is InChI=1S/C30H40N4O4/c1-7-8-15-32-27(35)26(24-18-21(2)17-22(3)19-24)34(16-14-31)28(36)25(20-23-12-10-9-11-13-23)33-29(37)38-30(4,5)6/h9-13,17-19,25-26H,7-8,15-16,20H2,1-6H3,(H,32,35)(H,33,37). The first-order chi connectivity index (χ1) is 17.9. The van der Waals surface area contributed by atoms with Crippen molar-refractivity contribution in [2.45, 2.75) is 78.5 Å². The van der Waals surface area contributed by atoms with Crippen LogP contribution in [0.5, 0.6) is 0 Å². The summed E-state index contributed by atoms with van der Waals surface area (Å²) in [4.78, 5) is 41.6. The quantitative estimate of drug-likeness (QED) is 0.328. The maximum absolute atomic E-state index is 14.1. The molecule has 8 heteroatoms. The number of nitrogens with zero attached hydrogens (tertiary/aromatic N) is 2. The summed E-state index contributed by atoms with van der Waals surface area (Å²) >= 11 is 0. The van der Waals surface area contributed by atoms with Gasteiger partial charge in [0.05, 0.1) is 6.07 Å². The van der Waals surface area contributed by atoms with E-state index in [1.54, 1.807) is 20.8 Å². The molecule has 0 saturated carbocycles. The normalized spacial score (nSPS) is 12.6. The molecule has 0 saturated heterocycles. The van der Waals surface area contributed by atoms with Crippen LogP contribution in [-0.4, -0.2) is 47.5 Å². The van der Waals surface area contributed by atoms with Gasteiger partial charge in [-0.1, -0.05) is 73.0 Å². The van der Waals surface area contributed by atoms with Crippen LogP contribution < -0.4 is 10.6 Å². The van der Waals surface area contributed by atoms with Gasteiger partial charge in [0, 0.05) is 13.0 Å². The van der Waals surface area contributed by atoms with Gasteiger partial charge in [0.15, 0.2) is 0 Å². The van der Waals surface area contributed by atoms with E-state index in [1.165, 1.54) is 4.90 Å². The Kier molecular flexibility index (Phi) is 11.3. The average molecular weight is 521 g/mol. The Morgan fingerprint density at radius 2 is 1.68 bits per heavy atom. The minimum absolute atomic E-state index is 0.165. The molecular weight excluding hydrogens is 480 g/mol. The highest BCUT2D eigenvalue weighted by Crippen LogP contribution is 2.25. The lowest BCUT2D eigenvalue weighted by Gasteiger charge is -2.33. The second-order valence-electron chi connectivity index (χ2n) is 10.5. The van der Waals surface area contributed by atoms with Crippen LogP contribution in [0.4, 0.5) is 4.79 Å². The third-order valence-corrected chi connectivity index (χ3v) is 5.75. The lowest BCUT2D eigenvalue weighted by Crippen LogP contribution is -2.54. The van der Waals surface area contributed by atoms with Gasteiger partial charge in [0.2, 0.25) is 11.8 Å². The van der Waals surface area contributed by atoms with Crippen molar-refractivity contribution in [3.63, 3.8) is 0 Å². The highest BCUT2D eigenvalue weighted by Gasteiger charge is 2.36. The summed E-state index contributed by atoms with van der Waals surface area (Å²) < 4.78 is 5.42. The van der Waals surface area contributed by atoms with Crippen molar-refractivity contribution >= 4 is 17.9 Å². The van der Waals surface area contributed by atoms with Gasteiger partial charge < -0.3 is 20.3 Å². The molecule has 0 aliphatic heterocycles. The first kappa shape index (κ1) is 30.4. The van der Waals surface area contributed by atoms with Crippen LogP contribution in [0.25, 0.3) is 0 Å². The Labute approximate surface area is 226 Å². The number of nitriles is 1. The van der Waals surface area contributed by atoms with Crippen molar-refractivity contribution in [2.24, 2.45) is 0 Å². The monoisotopic (exact) mass is 520 g/mol. The third-order valence-electron chi connectivity index (χ3n) is 5.75. The Morgan fingerprint density at radius 3 is 2.24 bits per heavy atom. The Balaban J connectivity index is 2.53. The molecule has 0 fully saturated rings. The molecule has 204 valence electrons. The van der Waals surface area contributed by atoms with E-state index >= 15 is 0 Å². The number of carbonyl (C=O) groups is 3. The Bertz CT molecular complexity index is 1110. The Hall–Kier alpha value is -3.86. The van der Waals surface area contributed by atoms with Gasteiger partial charge in [0.25, 0.3) is 0 Å². The van der Waals surface area contributed by atoms with Crippen molar-refractivity contribution in [1.82, 2.24) is 15.5 Å². The first-order valence-corrected chi connectivity index (χ1v) is 13.0. The molecule has 2 aromatic carbocycles. The highest BCUT2D eigenvalue weighted by molar-refractivity contribution is 5.92. The van der Waals surface area contributed by atoms with Crippen LogP contribution in [0.3, 0.4) is 0 Å². The minimum atomic E-state index is -1.06. The summed E-state index contributed by atoms with van der Waals surface area (Å²) in [6, 6.07) is 14.9. The summed E-state index contributed by atoms with van der Waals surface area (Å²) in [5, 5.41) is 15.3. The van der Waals surface area contributed by atoms with E-state index in [4.69, 9.17) is 4.74 Å². The van der Waals surface area contributed by atoms with E-state index in [2.05, 4.69) is 10.6 Å². The average Bonchev–Trinajstić information content (AvgIpc) is 2.82. The lowest BCUT2D eigenvalue weighted by molar-refractivity contribution is -0.141. The number of aryl methyl sites for hydroxylation is 2. The van der Waals surface area contributed by atoms with Gasteiger partial charge in [-0.15, -0.1) is 0 Å². The molecule has 2 aromatic rings. The fourth-order valence-electron chi connectivity index (χ4n) is 4.20. The van der Waals surface area contributed by atoms with Gasteiger partial charge >= 0.3 is 6.09 Å². The molecule has 2 atom stereocenters. The van der Waals surface area contributed by atoms with E-state index in [9.17, 15) is 19.6 Å². The zero-order chi connectivity index (χ0) is 28.3. The number of amides is 3. The molecule has 38 heavy (non-hydrogen) atoms. The molecule has 2 unspecified atom stereocenters. The summed E-state index contributed by atoms with van der Waals surface area (Å²) in [6.07, 6.45) is 1.10. The fourth-order valence-corrected chi connectivity index (χ4v) is 4.20. The molecule has 3 amide bonds. The number of ether oxygens (including phenoxy) is 1. The molecule has 8 nitrogen and oxygen atoms in total.